The van der Waals surface area contributed by atoms with Crippen molar-refractivity contribution in [3.05, 3.63) is 58.1 Å². The number of hydrogen-bond acceptors (Lipinski definition) is 2. The maximum absolute atomic E-state index is 13.7. The molecule has 2 aromatic rings. The van der Waals surface area contributed by atoms with Gasteiger partial charge in [-0.2, -0.15) is 0 Å². The Morgan fingerprint density at radius 2 is 1.89 bits per heavy atom. The van der Waals surface area contributed by atoms with Gasteiger partial charge in [0.1, 0.15) is 11.6 Å². The van der Waals surface area contributed by atoms with Crippen LogP contribution in [0.4, 0.5) is 20.2 Å². The van der Waals surface area contributed by atoms with E-state index in [4.69, 9.17) is 5.11 Å². The molecule has 0 aliphatic rings. The Balaban J connectivity index is 2.49. The van der Waals surface area contributed by atoms with Crippen LogP contribution in [-0.4, -0.2) is 11.1 Å². The van der Waals surface area contributed by atoms with E-state index in [0.29, 0.717) is 4.47 Å². The monoisotopic (exact) mass is 327 g/mol. The maximum Gasteiger partial charge on any atom is 0.337 e. The molecule has 0 aromatic heterocycles. The molecule has 0 radical (unpaired) electrons. The number of benzene rings is 2. The lowest BCUT2D eigenvalue weighted by Gasteiger charge is -2.11. The number of aromatic carboxylic acids is 1. The number of halogens is 3. The van der Waals surface area contributed by atoms with Gasteiger partial charge in [0.05, 0.1) is 16.9 Å². The van der Waals surface area contributed by atoms with Crippen LogP contribution in [0.25, 0.3) is 0 Å². The van der Waals surface area contributed by atoms with Gasteiger partial charge in [-0.25, -0.2) is 13.6 Å². The Kier molecular flexibility index (Phi) is 3.80. The van der Waals surface area contributed by atoms with Crippen LogP contribution in [0.15, 0.2) is 40.9 Å². The summed E-state index contributed by atoms with van der Waals surface area (Å²) >= 11 is 3.16. The highest BCUT2D eigenvalue weighted by Crippen LogP contribution is 2.28. The summed E-state index contributed by atoms with van der Waals surface area (Å²) in [6, 6.07) is 7.69. The summed E-state index contributed by atoms with van der Waals surface area (Å²) in [6.07, 6.45) is 0. The molecular formula is C13H8BrF2NO2. The molecule has 98 valence electrons. The molecule has 6 heteroatoms. The molecule has 0 bridgehead atoms. The minimum atomic E-state index is -1.29. The van der Waals surface area contributed by atoms with Crippen LogP contribution in [0.3, 0.4) is 0 Å². The van der Waals surface area contributed by atoms with E-state index in [-0.39, 0.29) is 16.9 Å². The standard InChI is InChI=1S/C13H8BrF2NO2/c14-7-4-5-9(15)11(6-7)17-12-8(13(18)19)2-1-3-10(12)16/h1-6,17H,(H,18,19). The van der Waals surface area contributed by atoms with Gasteiger partial charge in [0.15, 0.2) is 0 Å². The fourth-order valence-corrected chi connectivity index (χ4v) is 1.92. The summed E-state index contributed by atoms with van der Waals surface area (Å²) in [6.45, 7) is 0. The molecule has 0 amide bonds. The Morgan fingerprint density at radius 1 is 1.16 bits per heavy atom. The second-order valence-corrected chi connectivity index (χ2v) is 4.63. The summed E-state index contributed by atoms with van der Waals surface area (Å²) in [4.78, 5) is 11.0. The average molecular weight is 328 g/mol. The van der Waals surface area contributed by atoms with Crippen LogP contribution in [0, 0.1) is 11.6 Å². The largest absolute Gasteiger partial charge is 0.478 e. The lowest BCUT2D eigenvalue weighted by molar-refractivity contribution is 0.0697. The number of carboxylic acids is 1. The highest BCUT2D eigenvalue weighted by atomic mass is 79.9. The summed E-state index contributed by atoms with van der Waals surface area (Å²) in [5, 5.41) is 11.5. The lowest BCUT2D eigenvalue weighted by Crippen LogP contribution is -2.05. The first kappa shape index (κ1) is 13.5. The summed E-state index contributed by atoms with van der Waals surface area (Å²) in [5.41, 5.74) is -0.548. The number of carbonyl (C=O) groups is 1. The van der Waals surface area contributed by atoms with E-state index in [2.05, 4.69) is 21.2 Å². The smallest absolute Gasteiger partial charge is 0.337 e. The van der Waals surface area contributed by atoms with E-state index in [9.17, 15) is 13.6 Å². The number of carboxylic acid groups (broad SMARTS) is 1. The normalized spacial score (nSPS) is 10.3. The van der Waals surface area contributed by atoms with Crippen molar-refractivity contribution in [2.24, 2.45) is 0 Å². The number of nitrogens with one attached hydrogen (secondary N) is 1. The first-order valence-corrected chi connectivity index (χ1v) is 6.02. The van der Waals surface area contributed by atoms with Crippen molar-refractivity contribution in [1.82, 2.24) is 0 Å². The molecule has 0 spiro atoms. The van der Waals surface area contributed by atoms with Crippen LogP contribution < -0.4 is 5.32 Å². The third kappa shape index (κ3) is 2.90. The van der Waals surface area contributed by atoms with Gasteiger partial charge in [0.25, 0.3) is 0 Å². The fourth-order valence-electron chi connectivity index (χ4n) is 1.56. The van der Waals surface area contributed by atoms with Gasteiger partial charge in [0, 0.05) is 4.47 Å². The highest BCUT2D eigenvalue weighted by molar-refractivity contribution is 9.10. The third-order valence-electron chi connectivity index (χ3n) is 2.43. The van der Waals surface area contributed by atoms with E-state index in [1.165, 1.54) is 30.3 Å². The van der Waals surface area contributed by atoms with Crippen molar-refractivity contribution < 1.29 is 18.7 Å². The second-order valence-electron chi connectivity index (χ2n) is 3.72. The van der Waals surface area contributed by atoms with Gasteiger partial charge in [-0.1, -0.05) is 22.0 Å². The van der Waals surface area contributed by atoms with Gasteiger partial charge in [0.2, 0.25) is 0 Å². The number of anilines is 2. The molecule has 0 atom stereocenters. The van der Waals surface area contributed by atoms with Gasteiger partial charge >= 0.3 is 5.97 Å². The Labute approximate surface area is 116 Å². The number of rotatable bonds is 3. The van der Waals surface area contributed by atoms with Gasteiger partial charge in [-0.15, -0.1) is 0 Å². The predicted molar refractivity (Wildman–Crippen MR) is 70.7 cm³/mol. The minimum absolute atomic E-state index is 0.0121. The van der Waals surface area contributed by atoms with Crippen molar-refractivity contribution >= 4 is 33.3 Å². The summed E-state index contributed by atoms with van der Waals surface area (Å²) in [7, 11) is 0. The van der Waals surface area contributed by atoms with Crippen LogP contribution in [0.1, 0.15) is 10.4 Å². The average Bonchev–Trinajstić information content (AvgIpc) is 2.35. The third-order valence-corrected chi connectivity index (χ3v) is 2.93. The molecule has 0 saturated carbocycles. The van der Waals surface area contributed by atoms with Gasteiger partial charge in [-0.3, -0.25) is 0 Å². The molecule has 0 saturated heterocycles. The quantitative estimate of drug-likeness (QED) is 0.889. The fraction of sp³-hybridized carbons (Fsp3) is 0. The van der Waals surface area contributed by atoms with Gasteiger partial charge < -0.3 is 10.4 Å². The van der Waals surface area contributed by atoms with Crippen LogP contribution in [-0.2, 0) is 0 Å². The zero-order chi connectivity index (χ0) is 14.0. The number of para-hydroxylation sites is 1. The summed E-state index contributed by atoms with van der Waals surface area (Å²) in [5.74, 6) is -2.67. The Hall–Kier alpha value is -1.95. The highest BCUT2D eigenvalue weighted by Gasteiger charge is 2.15. The zero-order valence-corrected chi connectivity index (χ0v) is 11.0. The molecule has 19 heavy (non-hydrogen) atoms. The molecule has 2 aromatic carbocycles. The van der Waals surface area contributed by atoms with Crippen molar-refractivity contribution in [2.75, 3.05) is 5.32 Å². The first-order chi connectivity index (χ1) is 8.99. The zero-order valence-electron chi connectivity index (χ0n) is 9.45. The Bertz CT molecular complexity index is 647. The van der Waals surface area contributed by atoms with Gasteiger partial charge in [-0.05, 0) is 30.3 Å². The lowest BCUT2D eigenvalue weighted by atomic mass is 10.1. The van der Waals surface area contributed by atoms with Crippen LogP contribution in [0.5, 0.6) is 0 Å². The van der Waals surface area contributed by atoms with E-state index in [0.717, 1.165) is 6.07 Å². The van der Waals surface area contributed by atoms with E-state index < -0.39 is 17.6 Å². The predicted octanol–water partition coefficient (Wildman–Crippen LogP) is 4.17. The van der Waals surface area contributed by atoms with Crippen molar-refractivity contribution in [3.63, 3.8) is 0 Å². The molecule has 0 aliphatic carbocycles. The molecule has 0 unspecified atom stereocenters. The SMILES string of the molecule is O=C(O)c1cccc(F)c1Nc1cc(Br)ccc1F. The van der Waals surface area contributed by atoms with E-state index in [1.807, 2.05) is 0 Å². The van der Waals surface area contributed by atoms with Crippen LogP contribution >= 0.6 is 15.9 Å². The maximum atomic E-state index is 13.7. The summed E-state index contributed by atoms with van der Waals surface area (Å²) < 4.78 is 27.8. The molecular weight excluding hydrogens is 320 g/mol. The van der Waals surface area contributed by atoms with E-state index >= 15 is 0 Å². The topological polar surface area (TPSA) is 49.3 Å². The molecule has 2 rings (SSSR count). The van der Waals surface area contributed by atoms with Crippen molar-refractivity contribution in [1.29, 1.82) is 0 Å². The molecule has 0 fully saturated rings. The second kappa shape index (κ2) is 5.36. The molecule has 0 aliphatic heterocycles. The number of hydrogen-bond donors (Lipinski definition) is 2. The first-order valence-electron chi connectivity index (χ1n) is 5.23. The van der Waals surface area contributed by atoms with Crippen molar-refractivity contribution in [2.45, 2.75) is 0 Å². The molecule has 2 N–H and O–H groups in total. The van der Waals surface area contributed by atoms with Crippen molar-refractivity contribution in [3.8, 4) is 0 Å². The molecule has 0 heterocycles. The Morgan fingerprint density at radius 3 is 2.58 bits per heavy atom. The van der Waals surface area contributed by atoms with E-state index in [1.54, 1.807) is 0 Å². The van der Waals surface area contributed by atoms with Crippen LogP contribution in [0.2, 0.25) is 0 Å². The molecule has 3 nitrogen and oxygen atoms in total. The minimum Gasteiger partial charge on any atom is -0.478 e.